The SMILES string of the molecule is Cc1cc(NCC2(C)CCCS2)c(N)cc1F. The highest BCUT2D eigenvalue weighted by Gasteiger charge is 2.29. The molecule has 2 nitrogen and oxygen atoms in total. The largest absolute Gasteiger partial charge is 0.397 e. The van der Waals surface area contributed by atoms with Gasteiger partial charge in [-0.05, 0) is 50.1 Å². The summed E-state index contributed by atoms with van der Waals surface area (Å²) in [6.07, 6.45) is 2.51. The summed E-state index contributed by atoms with van der Waals surface area (Å²) >= 11 is 2.00. The van der Waals surface area contributed by atoms with Gasteiger partial charge in [-0.1, -0.05) is 0 Å². The van der Waals surface area contributed by atoms with Crippen LogP contribution in [0.15, 0.2) is 12.1 Å². The van der Waals surface area contributed by atoms with Gasteiger partial charge < -0.3 is 11.1 Å². The Morgan fingerprint density at radius 2 is 2.29 bits per heavy atom. The number of hydrogen-bond donors (Lipinski definition) is 2. The summed E-state index contributed by atoms with van der Waals surface area (Å²) in [6, 6.07) is 3.18. The first-order valence-electron chi connectivity index (χ1n) is 5.94. The Morgan fingerprint density at radius 3 is 2.94 bits per heavy atom. The van der Waals surface area contributed by atoms with E-state index in [2.05, 4.69) is 12.2 Å². The maximum atomic E-state index is 13.3. The molecule has 1 fully saturated rings. The number of hydrogen-bond acceptors (Lipinski definition) is 3. The van der Waals surface area contributed by atoms with Crippen molar-refractivity contribution in [2.45, 2.75) is 31.4 Å². The van der Waals surface area contributed by atoms with E-state index >= 15 is 0 Å². The first-order valence-corrected chi connectivity index (χ1v) is 6.92. The highest BCUT2D eigenvalue weighted by atomic mass is 32.2. The van der Waals surface area contributed by atoms with Crippen LogP contribution in [-0.2, 0) is 0 Å². The molecule has 1 aromatic carbocycles. The smallest absolute Gasteiger partial charge is 0.128 e. The number of nitrogens with one attached hydrogen (secondary N) is 1. The van der Waals surface area contributed by atoms with E-state index in [-0.39, 0.29) is 10.6 Å². The van der Waals surface area contributed by atoms with Gasteiger partial charge in [-0.2, -0.15) is 11.8 Å². The minimum Gasteiger partial charge on any atom is -0.397 e. The van der Waals surface area contributed by atoms with Crippen LogP contribution in [-0.4, -0.2) is 17.0 Å². The summed E-state index contributed by atoms with van der Waals surface area (Å²) in [4.78, 5) is 0. The van der Waals surface area contributed by atoms with E-state index < -0.39 is 0 Å². The predicted molar refractivity (Wildman–Crippen MR) is 74.1 cm³/mol. The highest BCUT2D eigenvalue weighted by Crippen LogP contribution is 2.38. The maximum Gasteiger partial charge on any atom is 0.128 e. The average molecular weight is 254 g/mol. The number of rotatable bonds is 3. The molecule has 1 aliphatic heterocycles. The van der Waals surface area contributed by atoms with E-state index in [1.165, 1.54) is 24.7 Å². The lowest BCUT2D eigenvalue weighted by Crippen LogP contribution is -2.27. The minimum absolute atomic E-state index is 0.241. The fourth-order valence-electron chi connectivity index (χ4n) is 2.11. The summed E-state index contributed by atoms with van der Waals surface area (Å²) in [5.41, 5.74) is 7.77. The summed E-state index contributed by atoms with van der Waals surface area (Å²) in [7, 11) is 0. The lowest BCUT2D eigenvalue weighted by atomic mass is 10.1. The van der Waals surface area contributed by atoms with Gasteiger partial charge in [0.15, 0.2) is 0 Å². The quantitative estimate of drug-likeness (QED) is 0.812. The molecule has 0 radical (unpaired) electrons. The summed E-state index contributed by atoms with van der Waals surface area (Å²) in [6.45, 7) is 4.91. The second-order valence-corrected chi connectivity index (χ2v) is 6.63. The molecule has 1 aromatic rings. The van der Waals surface area contributed by atoms with Crippen LogP contribution in [0.2, 0.25) is 0 Å². The van der Waals surface area contributed by atoms with Crippen LogP contribution in [0.4, 0.5) is 15.8 Å². The molecule has 0 amide bonds. The summed E-state index contributed by atoms with van der Waals surface area (Å²) < 4.78 is 13.6. The van der Waals surface area contributed by atoms with Crippen molar-refractivity contribution in [2.24, 2.45) is 0 Å². The van der Waals surface area contributed by atoms with E-state index in [0.29, 0.717) is 11.3 Å². The second-order valence-electron chi connectivity index (χ2n) is 4.94. The molecule has 94 valence electrons. The lowest BCUT2D eigenvalue weighted by Gasteiger charge is -2.24. The predicted octanol–water partition coefficient (Wildman–Crippen LogP) is 3.41. The van der Waals surface area contributed by atoms with E-state index in [1.807, 2.05) is 11.8 Å². The highest BCUT2D eigenvalue weighted by molar-refractivity contribution is 8.00. The maximum absolute atomic E-state index is 13.3. The monoisotopic (exact) mass is 254 g/mol. The van der Waals surface area contributed by atoms with Crippen molar-refractivity contribution >= 4 is 23.1 Å². The van der Waals surface area contributed by atoms with Crippen molar-refractivity contribution in [3.05, 3.63) is 23.5 Å². The standard InChI is InChI=1S/C13H19FN2S/c1-9-6-12(11(15)7-10(9)14)16-8-13(2)4-3-5-17-13/h6-7,16H,3-5,8,15H2,1-2H3. The van der Waals surface area contributed by atoms with Crippen molar-refractivity contribution in [2.75, 3.05) is 23.3 Å². The van der Waals surface area contributed by atoms with E-state index in [0.717, 1.165) is 12.2 Å². The van der Waals surface area contributed by atoms with E-state index in [9.17, 15) is 4.39 Å². The zero-order chi connectivity index (χ0) is 12.5. The Morgan fingerprint density at radius 1 is 1.53 bits per heavy atom. The molecule has 3 N–H and O–H groups in total. The molecule has 0 aromatic heterocycles. The van der Waals surface area contributed by atoms with Gasteiger partial charge in [0.25, 0.3) is 0 Å². The molecule has 1 atom stereocenters. The van der Waals surface area contributed by atoms with Crippen LogP contribution in [0.5, 0.6) is 0 Å². The number of benzene rings is 1. The third-order valence-corrected chi connectivity index (χ3v) is 4.82. The minimum atomic E-state index is -0.241. The van der Waals surface area contributed by atoms with Crippen LogP contribution in [0.1, 0.15) is 25.3 Å². The summed E-state index contributed by atoms with van der Waals surface area (Å²) in [5.74, 6) is 0.991. The molecular formula is C13H19FN2S. The molecular weight excluding hydrogens is 235 g/mol. The van der Waals surface area contributed by atoms with Gasteiger partial charge in [0, 0.05) is 11.3 Å². The Bertz CT molecular complexity index is 414. The van der Waals surface area contributed by atoms with E-state index in [1.54, 1.807) is 13.0 Å². The molecule has 4 heteroatoms. The van der Waals surface area contributed by atoms with Crippen LogP contribution in [0.25, 0.3) is 0 Å². The van der Waals surface area contributed by atoms with Gasteiger partial charge in [-0.15, -0.1) is 0 Å². The van der Waals surface area contributed by atoms with Gasteiger partial charge in [0.1, 0.15) is 5.82 Å². The molecule has 1 saturated heterocycles. The third-order valence-electron chi connectivity index (χ3n) is 3.28. The zero-order valence-corrected chi connectivity index (χ0v) is 11.2. The topological polar surface area (TPSA) is 38.0 Å². The van der Waals surface area contributed by atoms with Crippen LogP contribution < -0.4 is 11.1 Å². The van der Waals surface area contributed by atoms with Crippen LogP contribution in [0, 0.1) is 12.7 Å². The first kappa shape index (κ1) is 12.6. The molecule has 2 rings (SSSR count). The van der Waals surface area contributed by atoms with Crippen molar-refractivity contribution < 1.29 is 4.39 Å². The lowest BCUT2D eigenvalue weighted by molar-refractivity contribution is 0.618. The molecule has 1 unspecified atom stereocenters. The van der Waals surface area contributed by atoms with Gasteiger partial charge in [0.05, 0.1) is 11.4 Å². The van der Waals surface area contributed by atoms with Gasteiger partial charge in [0.2, 0.25) is 0 Å². The number of nitrogen functional groups attached to an aromatic ring is 1. The molecule has 0 spiro atoms. The first-order chi connectivity index (χ1) is 8.00. The van der Waals surface area contributed by atoms with Crippen molar-refractivity contribution in [3.63, 3.8) is 0 Å². The van der Waals surface area contributed by atoms with Gasteiger partial charge in [-0.25, -0.2) is 4.39 Å². The molecule has 17 heavy (non-hydrogen) atoms. The summed E-state index contributed by atoms with van der Waals surface area (Å²) in [5, 5.41) is 3.35. The number of anilines is 2. The molecule has 0 aliphatic carbocycles. The Hall–Kier alpha value is -0.900. The molecule has 1 aliphatic rings. The molecule has 0 saturated carbocycles. The Balaban J connectivity index is 2.06. The number of halogens is 1. The second kappa shape index (κ2) is 4.77. The number of thioether (sulfide) groups is 1. The molecule has 1 heterocycles. The Kier molecular flexibility index (Phi) is 3.52. The van der Waals surface area contributed by atoms with Crippen molar-refractivity contribution in [1.82, 2.24) is 0 Å². The number of aryl methyl sites for hydroxylation is 1. The van der Waals surface area contributed by atoms with Crippen molar-refractivity contribution in [3.8, 4) is 0 Å². The van der Waals surface area contributed by atoms with Gasteiger partial charge in [-0.3, -0.25) is 0 Å². The zero-order valence-electron chi connectivity index (χ0n) is 10.3. The van der Waals surface area contributed by atoms with Crippen LogP contribution >= 0.6 is 11.8 Å². The number of nitrogens with two attached hydrogens (primary N) is 1. The Labute approximate surface area is 106 Å². The normalized spacial score (nSPS) is 23.9. The van der Waals surface area contributed by atoms with Gasteiger partial charge >= 0.3 is 0 Å². The fraction of sp³-hybridized carbons (Fsp3) is 0.538. The average Bonchev–Trinajstić information content (AvgIpc) is 2.69. The third kappa shape index (κ3) is 2.86. The van der Waals surface area contributed by atoms with Crippen molar-refractivity contribution in [1.29, 1.82) is 0 Å². The van der Waals surface area contributed by atoms with Crippen LogP contribution in [0.3, 0.4) is 0 Å². The fourth-order valence-corrected chi connectivity index (χ4v) is 3.35. The van der Waals surface area contributed by atoms with E-state index in [4.69, 9.17) is 5.73 Å². The molecule has 0 bridgehead atoms.